The number of Topliss-reactive ketones (excluding diaryl/α,β-unsaturated/α-hetero) is 1. The standard InChI is InChI=1S/C23H24BrFN2O5/c1-3-19(30-4-2)32-23(29)26-20-16(28)9-10-27-21(20)14-7-5-6-8-17(14)31-18-12-13(25)11-15(24)22(18)27/h5-8,11-12,19-21H,3-4,9-10H2,1-2H3,(H,26,29)/t19?,20-,21-/m1/s1. The molecule has 2 heterocycles. The molecule has 170 valence electrons. The molecule has 0 spiro atoms. The molecule has 0 saturated carbocycles. The Balaban J connectivity index is 1.74. The van der Waals surface area contributed by atoms with Gasteiger partial charge in [0.25, 0.3) is 0 Å². The van der Waals surface area contributed by atoms with Crippen molar-refractivity contribution in [1.29, 1.82) is 0 Å². The third kappa shape index (κ3) is 4.31. The molecule has 2 aromatic rings. The van der Waals surface area contributed by atoms with E-state index in [1.807, 2.05) is 30.9 Å². The number of hydrogen-bond donors (Lipinski definition) is 1. The van der Waals surface area contributed by atoms with Crippen LogP contribution in [0.3, 0.4) is 0 Å². The Bertz CT molecular complexity index is 1030. The number of piperidine rings is 1. The molecule has 0 aromatic heterocycles. The van der Waals surface area contributed by atoms with Crippen LogP contribution in [0.5, 0.6) is 11.5 Å². The van der Waals surface area contributed by atoms with Crippen molar-refractivity contribution in [3.8, 4) is 11.5 Å². The Morgan fingerprint density at radius 2 is 2.09 bits per heavy atom. The van der Waals surface area contributed by atoms with Gasteiger partial charge in [-0.2, -0.15) is 0 Å². The lowest BCUT2D eigenvalue weighted by Crippen LogP contribution is -2.55. The summed E-state index contributed by atoms with van der Waals surface area (Å²) in [6, 6.07) is 8.48. The molecule has 1 N–H and O–H groups in total. The highest BCUT2D eigenvalue weighted by atomic mass is 79.9. The number of benzene rings is 2. The van der Waals surface area contributed by atoms with E-state index in [4.69, 9.17) is 14.2 Å². The Hall–Kier alpha value is -2.65. The van der Waals surface area contributed by atoms with Crippen LogP contribution in [0.1, 0.15) is 38.3 Å². The molecule has 0 radical (unpaired) electrons. The molecule has 32 heavy (non-hydrogen) atoms. The number of nitrogens with zero attached hydrogens (tertiary/aromatic N) is 1. The van der Waals surface area contributed by atoms with Crippen LogP contribution in [0.25, 0.3) is 0 Å². The lowest BCUT2D eigenvalue weighted by Gasteiger charge is -2.41. The number of para-hydroxylation sites is 1. The fourth-order valence-corrected chi connectivity index (χ4v) is 4.82. The van der Waals surface area contributed by atoms with Crippen LogP contribution in [0, 0.1) is 5.82 Å². The summed E-state index contributed by atoms with van der Waals surface area (Å²) in [6.45, 7) is 4.44. The van der Waals surface area contributed by atoms with Gasteiger partial charge in [0, 0.05) is 42.1 Å². The topological polar surface area (TPSA) is 77.1 Å². The van der Waals surface area contributed by atoms with E-state index in [1.54, 1.807) is 12.1 Å². The van der Waals surface area contributed by atoms with Gasteiger partial charge in [0.15, 0.2) is 11.5 Å². The lowest BCUT2D eigenvalue weighted by atomic mass is 9.88. The zero-order valence-electron chi connectivity index (χ0n) is 17.8. The predicted molar refractivity (Wildman–Crippen MR) is 119 cm³/mol. The van der Waals surface area contributed by atoms with Crippen molar-refractivity contribution in [3.63, 3.8) is 0 Å². The minimum Gasteiger partial charge on any atom is -0.455 e. The monoisotopic (exact) mass is 506 g/mol. The number of anilines is 1. The average molecular weight is 507 g/mol. The smallest absolute Gasteiger partial charge is 0.410 e. The molecule has 4 rings (SSSR count). The third-order valence-corrected chi connectivity index (χ3v) is 6.14. The molecular formula is C23H24BrFN2O5. The first-order chi connectivity index (χ1) is 15.4. The SMILES string of the molecule is CCOC(CC)OC(=O)N[C@@H]1C(=O)CCN2c3c(Br)cc(F)cc3Oc3ccccc3[C@H]12. The Morgan fingerprint density at radius 1 is 1.31 bits per heavy atom. The van der Waals surface area contributed by atoms with Gasteiger partial charge in [-0.3, -0.25) is 4.79 Å². The summed E-state index contributed by atoms with van der Waals surface area (Å²) in [5.41, 5.74) is 1.34. The summed E-state index contributed by atoms with van der Waals surface area (Å²) >= 11 is 3.44. The quantitative estimate of drug-likeness (QED) is 0.569. The number of rotatable bonds is 5. The van der Waals surface area contributed by atoms with Crippen molar-refractivity contribution < 1.29 is 28.2 Å². The molecule has 0 aliphatic carbocycles. The van der Waals surface area contributed by atoms with Gasteiger partial charge in [-0.25, -0.2) is 9.18 Å². The van der Waals surface area contributed by atoms with Crippen molar-refractivity contribution in [2.75, 3.05) is 18.1 Å². The minimum atomic E-state index is -0.886. The number of halogens is 2. The molecule has 3 atom stereocenters. The third-order valence-electron chi connectivity index (χ3n) is 5.53. The zero-order valence-corrected chi connectivity index (χ0v) is 19.4. The van der Waals surface area contributed by atoms with Gasteiger partial charge in [-0.05, 0) is 35.0 Å². The zero-order chi connectivity index (χ0) is 22.8. The van der Waals surface area contributed by atoms with E-state index in [2.05, 4.69) is 21.2 Å². The molecular weight excluding hydrogens is 483 g/mol. The number of fused-ring (bicyclic) bond motifs is 5. The van der Waals surface area contributed by atoms with Gasteiger partial charge >= 0.3 is 6.09 Å². The molecule has 0 bridgehead atoms. The summed E-state index contributed by atoms with van der Waals surface area (Å²) in [6.07, 6.45) is -0.739. The number of ether oxygens (including phenoxy) is 3. The first kappa shape index (κ1) is 22.5. The normalized spacial score (nSPS) is 20.2. The Morgan fingerprint density at radius 3 is 2.84 bits per heavy atom. The van der Waals surface area contributed by atoms with Crippen molar-refractivity contribution in [2.24, 2.45) is 0 Å². The van der Waals surface area contributed by atoms with Crippen LogP contribution in [0.4, 0.5) is 14.9 Å². The predicted octanol–water partition coefficient (Wildman–Crippen LogP) is 5.08. The number of hydrogen-bond acceptors (Lipinski definition) is 6. The van der Waals surface area contributed by atoms with E-state index in [0.717, 1.165) is 0 Å². The van der Waals surface area contributed by atoms with Gasteiger partial charge in [0.05, 0.1) is 11.7 Å². The fourth-order valence-electron chi connectivity index (χ4n) is 4.18. The van der Waals surface area contributed by atoms with Gasteiger partial charge < -0.3 is 24.4 Å². The van der Waals surface area contributed by atoms with Crippen LogP contribution < -0.4 is 15.0 Å². The van der Waals surface area contributed by atoms with Crippen molar-refractivity contribution in [1.82, 2.24) is 5.32 Å². The van der Waals surface area contributed by atoms with Gasteiger partial charge in [0.1, 0.15) is 17.6 Å². The first-order valence-electron chi connectivity index (χ1n) is 10.6. The molecule has 2 aliphatic heterocycles. The number of ketones is 1. The first-order valence-corrected chi connectivity index (χ1v) is 11.4. The maximum Gasteiger partial charge on any atom is 0.410 e. The van der Waals surface area contributed by atoms with Gasteiger partial charge in [-0.1, -0.05) is 25.1 Å². The van der Waals surface area contributed by atoms with Crippen molar-refractivity contribution in [3.05, 3.63) is 52.3 Å². The largest absolute Gasteiger partial charge is 0.455 e. The minimum absolute atomic E-state index is 0.121. The summed E-state index contributed by atoms with van der Waals surface area (Å²) in [4.78, 5) is 27.6. The van der Waals surface area contributed by atoms with Crippen LogP contribution >= 0.6 is 15.9 Å². The van der Waals surface area contributed by atoms with E-state index in [0.29, 0.717) is 46.8 Å². The highest BCUT2D eigenvalue weighted by molar-refractivity contribution is 9.10. The molecule has 1 amide bonds. The van der Waals surface area contributed by atoms with E-state index in [1.165, 1.54) is 12.1 Å². The number of carbonyl (C=O) groups is 2. The second-order valence-corrected chi connectivity index (χ2v) is 8.40. The number of alkyl carbamates (subject to hydrolysis) is 1. The summed E-state index contributed by atoms with van der Waals surface area (Å²) < 4.78 is 31.5. The second kappa shape index (κ2) is 9.46. The fraction of sp³-hybridized carbons (Fsp3) is 0.391. The number of carbonyl (C=O) groups excluding carboxylic acids is 2. The molecule has 1 unspecified atom stereocenters. The Labute approximate surface area is 193 Å². The molecule has 1 fully saturated rings. The molecule has 2 aromatic carbocycles. The Kier molecular flexibility index (Phi) is 6.66. The second-order valence-electron chi connectivity index (χ2n) is 7.55. The van der Waals surface area contributed by atoms with Crippen LogP contribution in [-0.4, -0.2) is 37.4 Å². The molecule has 7 nitrogen and oxygen atoms in total. The maximum absolute atomic E-state index is 14.1. The van der Waals surface area contributed by atoms with Crippen molar-refractivity contribution >= 4 is 33.5 Å². The van der Waals surface area contributed by atoms with Crippen LogP contribution in [0.15, 0.2) is 40.9 Å². The van der Waals surface area contributed by atoms with E-state index in [-0.39, 0.29) is 12.2 Å². The molecule has 9 heteroatoms. The van der Waals surface area contributed by atoms with Crippen LogP contribution in [-0.2, 0) is 14.3 Å². The average Bonchev–Trinajstić information content (AvgIpc) is 2.89. The molecule has 2 aliphatic rings. The van der Waals surface area contributed by atoms with E-state index in [9.17, 15) is 14.0 Å². The lowest BCUT2D eigenvalue weighted by molar-refractivity contribution is -0.124. The highest BCUT2D eigenvalue weighted by Gasteiger charge is 2.44. The van der Waals surface area contributed by atoms with Gasteiger partial charge in [0.2, 0.25) is 6.29 Å². The van der Waals surface area contributed by atoms with Gasteiger partial charge in [-0.15, -0.1) is 0 Å². The molecule has 1 saturated heterocycles. The summed E-state index contributed by atoms with van der Waals surface area (Å²) in [5, 5.41) is 2.74. The van der Waals surface area contributed by atoms with E-state index < -0.39 is 30.3 Å². The van der Waals surface area contributed by atoms with E-state index >= 15 is 0 Å². The highest BCUT2D eigenvalue weighted by Crippen LogP contribution is 2.50. The van der Waals surface area contributed by atoms with Crippen molar-refractivity contribution in [2.45, 2.75) is 45.1 Å². The van der Waals surface area contributed by atoms with Crippen LogP contribution in [0.2, 0.25) is 0 Å². The number of nitrogens with one attached hydrogen (secondary N) is 1. The maximum atomic E-state index is 14.1. The summed E-state index contributed by atoms with van der Waals surface area (Å²) in [5.74, 6) is 0.267. The number of amides is 1. The summed E-state index contributed by atoms with van der Waals surface area (Å²) in [7, 11) is 0.